The number of aliphatic hydroxyl groups is 1. The van der Waals surface area contributed by atoms with Crippen LogP contribution in [0.3, 0.4) is 0 Å². The van der Waals surface area contributed by atoms with Crippen molar-refractivity contribution >= 4 is 28.6 Å². The Labute approximate surface area is 140 Å². The van der Waals surface area contributed by atoms with Gasteiger partial charge in [-0.25, -0.2) is 4.98 Å². The molecule has 0 radical (unpaired) electrons. The molecule has 3 rings (SSSR count). The molecule has 0 amide bonds. The Balaban J connectivity index is 1.91. The second-order valence-electron chi connectivity index (χ2n) is 6.20. The number of benzene rings is 1. The summed E-state index contributed by atoms with van der Waals surface area (Å²) in [5.74, 6) is 0.295. The SMILES string of the molecule is CC1CN(c2nc(NCCO)c3ccccc3n2)CCC1C(=O)O. The minimum atomic E-state index is -0.730. The van der Waals surface area contributed by atoms with Crippen LogP contribution in [0.25, 0.3) is 10.9 Å². The third kappa shape index (κ3) is 3.26. The van der Waals surface area contributed by atoms with E-state index in [1.807, 2.05) is 36.1 Å². The normalized spacial score (nSPS) is 21.0. The van der Waals surface area contributed by atoms with E-state index in [0.29, 0.717) is 37.8 Å². The molecule has 1 aromatic heterocycles. The fraction of sp³-hybridized carbons (Fsp3) is 0.471. The molecule has 1 aromatic carbocycles. The summed E-state index contributed by atoms with van der Waals surface area (Å²) in [7, 11) is 0. The third-order valence-electron chi connectivity index (χ3n) is 4.50. The van der Waals surface area contributed by atoms with Crippen molar-refractivity contribution in [1.82, 2.24) is 9.97 Å². The maximum Gasteiger partial charge on any atom is 0.306 e. The molecule has 3 N–H and O–H groups in total. The van der Waals surface area contributed by atoms with Crippen molar-refractivity contribution in [3.63, 3.8) is 0 Å². The molecule has 1 saturated heterocycles. The Morgan fingerprint density at radius 3 is 2.88 bits per heavy atom. The van der Waals surface area contributed by atoms with Gasteiger partial charge in [0.15, 0.2) is 0 Å². The molecule has 0 spiro atoms. The number of piperidine rings is 1. The van der Waals surface area contributed by atoms with Crippen LogP contribution >= 0.6 is 0 Å². The van der Waals surface area contributed by atoms with Gasteiger partial charge in [-0.1, -0.05) is 19.1 Å². The van der Waals surface area contributed by atoms with Crippen molar-refractivity contribution in [1.29, 1.82) is 0 Å². The summed E-state index contributed by atoms with van der Waals surface area (Å²) in [5, 5.41) is 22.4. The van der Waals surface area contributed by atoms with Crippen LogP contribution < -0.4 is 10.2 Å². The molecule has 2 aromatic rings. The molecular weight excluding hydrogens is 308 g/mol. The molecule has 24 heavy (non-hydrogen) atoms. The van der Waals surface area contributed by atoms with Gasteiger partial charge >= 0.3 is 5.97 Å². The first-order valence-corrected chi connectivity index (χ1v) is 8.19. The first-order chi connectivity index (χ1) is 11.6. The molecule has 7 heteroatoms. The first kappa shape index (κ1) is 16.4. The van der Waals surface area contributed by atoms with Crippen LogP contribution in [0, 0.1) is 11.8 Å². The van der Waals surface area contributed by atoms with E-state index in [1.54, 1.807) is 0 Å². The van der Waals surface area contributed by atoms with Crippen molar-refractivity contribution in [2.24, 2.45) is 11.8 Å². The number of carboxylic acids is 1. The van der Waals surface area contributed by atoms with Gasteiger partial charge in [-0.3, -0.25) is 4.79 Å². The van der Waals surface area contributed by atoms with E-state index in [2.05, 4.69) is 15.3 Å². The lowest BCUT2D eigenvalue weighted by molar-refractivity contribution is -0.144. The quantitative estimate of drug-likeness (QED) is 0.765. The monoisotopic (exact) mass is 330 g/mol. The van der Waals surface area contributed by atoms with E-state index in [9.17, 15) is 9.90 Å². The smallest absolute Gasteiger partial charge is 0.306 e. The number of hydrogen-bond acceptors (Lipinski definition) is 6. The van der Waals surface area contributed by atoms with Crippen LogP contribution in [0.2, 0.25) is 0 Å². The standard InChI is InChI=1S/C17H22N4O3/c1-11-10-21(8-6-12(11)16(23)24)17-19-14-5-3-2-4-13(14)15(20-17)18-7-9-22/h2-5,11-12,22H,6-10H2,1H3,(H,23,24)(H,18,19,20). The van der Waals surface area contributed by atoms with Gasteiger partial charge in [-0.15, -0.1) is 0 Å². The van der Waals surface area contributed by atoms with Gasteiger partial charge in [-0.05, 0) is 24.5 Å². The second-order valence-corrected chi connectivity index (χ2v) is 6.20. The molecule has 2 atom stereocenters. The third-order valence-corrected chi connectivity index (χ3v) is 4.50. The van der Waals surface area contributed by atoms with Crippen molar-refractivity contribution in [3.05, 3.63) is 24.3 Å². The van der Waals surface area contributed by atoms with Crippen LogP contribution in [0.4, 0.5) is 11.8 Å². The van der Waals surface area contributed by atoms with E-state index < -0.39 is 5.97 Å². The van der Waals surface area contributed by atoms with Crippen molar-refractivity contribution in [3.8, 4) is 0 Å². The Hall–Kier alpha value is -2.41. The number of nitrogens with zero attached hydrogens (tertiary/aromatic N) is 3. The van der Waals surface area contributed by atoms with Crippen LogP contribution in [-0.4, -0.2) is 52.4 Å². The maximum atomic E-state index is 11.3. The fourth-order valence-electron chi connectivity index (χ4n) is 3.21. The summed E-state index contributed by atoms with van der Waals surface area (Å²) < 4.78 is 0. The number of aliphatic carboxylic acids is 1. The van der Waals surface area contributed by atoms with Gasteiger partial charge in [0.05, 0.1) is 18.0 Å². The van der Waals surface area contributed by atoms with Gasteiger partial charge in [0, 0.05) is 25.0 Å². The van der Waals surface area contributed by atoms with E-state index in [4.69, 9.17) is 5.11 Å². The summed E-state index contributed by atoms with van der Waals surface area (Å²) in [5.41, 5.74) is 0.830. The number of aromatic nitrogens is 2. The highest BCUT2D eigenvalue weighted by Crippen LogP contribution is 2.29. The lowest BCUT2D eigenvalue weighted by atomic mass is 9.87. The lowest BCUT2D eigenvalue weighted by Crippen LogP contribution is -2.42. The topological polar surface area (TPSA) is 98.6 Å². The Morgan fingerprint density at radius 2 is 2.17 bits per heavy atom. The molecule has 2 heterocycles. The van der Waals surface area contributed by atoms with Crippen molar-refractivity contribution < 1.29 is 15.0 Å². The molecule has 1 aliphatic rings. The number of para-hydroxylation sites is 1. The number of hydrogen-bond donors (Lipinski definition) is 3. The van der Waals surface area contributed by atoms with Gasteiger partial charge < -0.3 is 20.4 Å². The summed E-state index contributed by atoms with van der Waals surface area (Å²) >= 11 is 0. The second kappa shape index (κ2) is 7.00. The zero-order chi connectivity index (χ0) is 17.1. The van der Waals surface area contributed by atoms with Crippen molar-refractivity contribution in [2.75, 3.05) is 36.5 Å². The number of carboxylic acid groups (broad SMARTS) is 1. The van der Waals surface area contributed by atoms with Crippen LogP contribution in [0.5, 0.6) is 0 Å². The Kier molecular flexibility index (Phi) is 4.80. The number of carbonyl (C=O) groups is 1. The summed E-state index contributed by atoms with van der Waals surface area (Å²) in [6.45, 7) is 3.64. The molecule has 1 aliphatic heterocycles. The van der Waals surface area contributed by atoms with E-state index in [-0.39, 0.29) is 18.4 Å². The van der Waals surface area contributed by atoms with E-state index in [0.717, 1.165) is 10.9 Å². The number of nitrogens with one attached hydrogen (secondary N) is 1. The zero-order valence-corrected chi connectivity index (χ0v) is 13.6. The van der Waals surface area contributed by atoms with Gasteiger partial charge in [0.25, 0.3) is 0 Å². The zero-order valence-electron chi connectivity index (χ0n) is 13.6. The number of fused-ring (bicyclic) bond motifs is 1. The number of anilines is 2. The fourth-order valence-corrected chi connectivity index (χ4v) is 3.21. The highest BCUT2D eigenvalue weighted by atomic mass is 16.4. The minimum absolute atomic E-state index is 0.0225. The van der Waals surface area contributed by atoms with Gasteiger partial charge in [0.2, 0.25) is 5.95 Å². The summed E-state index contributed by atoms with van der Waals surface area (Å²) in [6, 6.07) is 7.72. The maximum absolute atomic E-state index is 11.3. The molecule has 0 aliphatic carbocycles. The molecular formula is C17H22N4O3. The van der Waals surface area contributed by atoms with Crippen LogP contribution in [0.15, 0.2) is 24.3 Å². The van der Waals surface area contributed by atoms with E-state index in [1.165, 1.54) is 0 Å². The summed E-state index contributed by atoms with van der Waals surface area (Å²) in [6.07, 6.45) is 0.589. The minimum Gasteiger partial charge on any atom is -0.481 e. The molecule has 128 valence electrons. The van der Waals surface area contributed by atoms with Gasteiger partial charge in [-0.2, -0.15) is 4.98 Å². The molecule has 7 nitrogen and oxygen atoms in total. The highest BCUT2D eigenvalue weighted by Gasteiger charge is 2.32. The average Bonchev–Trinajstić information content (AvgIpc) is 2.59. The Morgan fingerprint density at radius 1 is 1.38 bits per heavy atom. The highest BCUT2D eigenvalue weighted by molar-refractivity contribution is 5.90. The first-order valence-electron chi connectivity index (χ1n) is 8.19. The Bertz CT molecular complexity index is 737. The van der Waals surface area contributed by atoms with E-state index >= 15 is 0 Å². The lowest BCUT2D eigenvalue weighted by Gasteiger charge is -2.35. The molecule has 2 unspecified atom stereocenters. The predicted molar refractivity (Wildman–Crippen MR) is 92.2 cm³/mol. The predicted octanol–water partition coefficient (Wildman–Crippen LogP) is 1.58. The number of aliphatic hydroxyl groups excluding tert-OH is 1. The molecule has 1 fully saturated rings. The van der Waals surface area contributed by atoms with Crippen LogP contribution in [-0.2, 0) is 4.79 Å². The van der Waals surface area contributed by atoms with Crippen LogP contribution in [0.1, 0.15) is 13.3 Å². The average molecular weight is 330 g/mol. The van der Waals surface area contributed by atoms with Gasteiger partial charge in [0.1, 0.15) is 5.82 Å². The molecule has 0 saturated carbocycles. The summed E-state index contributed by atoms with van der Waals surface area (Å²) in [4.78, 5) is 22.6. The largest absolute Gasteiger partial charge is 0.481 e. The number of rotatable bonds is 5. The molecule has 0 bridgehead atoms. The van der Waals surface area contributed by atoms with Crippen molar-refractivity contribution in [2.45, 2.75) is 13.3 Å².